The third kappa shape index (κ3) is 3.32. The zero-order chi connectivity index (χ0) is 14.9. The van der Waals surface area contributed by atoms with Crippen LogP contribution >= 0.6 is 0 Å². The van der Waals surface area contributed by atoms with Gasteiger partial charge in [0.05, 0.1) is 0 Å². The first-order valence-electron chi connectivity index (χ1n) is 7.50. The number of hydrogen-bond donors (Lipinski definition) is 0. The lowest BCUT2D eigenvalue weighted by molar-refractivity contribution is 0.258. The van der Waals surface area contributed by atoms with E-state index in [0.29, 0.717) is 6.04 Å². The van der Waals surface area contributed by atoms with Gasteiger partial charge < -0.3 is 9.80 Å². The molecule has 0 N–H and O–H groups in total. The van der Waals surface area contributed by atoms with E-state index in [1.165, 1.54) is 12.8 Å². The quantitative estimate of drug-likeness (QED) is 0.814. The third-order valence-electron chi connectivity index (χ3n) is 4.25. The molecule has 0 aromatic heterocycles. The van der Waals surface area contributed by atoms with Crippen LogP contribution in [0.3, 0.4) is 0 Å². The van der Waals surface area contributed by atoms with Gasteiger partial charge in [-0.25, -0.2) is 4.39 Å². The molecule has 0 aliphatic carbocycles. The van der Waals surface area contributed by atoms with Crippen LogP contribution in [0.1, 0.15) is 39.2 Å². The molecule has 0 saturated carbocycles. The molecule has 1 aliphatic heterocycles. The van der Waals surface area contributed by atoms with Gasteiger partial charge in [-0.15, -0.1) is 0 Å². The molecule has 1 heterocycles. The standard InChI is InChI=1S/C17H27FN2/c1-17(2,3)15-9-8-13(11-16(15)18)20-10-6-7-14(12-20)19(4)5/h8-9,11,14H,6-7,10,12H2,1-5H3. The Balaban J connectivity index is 2.19. The van der Waals surface area contributed by atoms with Crippen LogP contribution in [0, 0.1) is 5.82 Å². The Morgan fingerprint density at radius 1 is 1.25 bits per heavy atom. The van der Waals surface area contributed by atoms with Crippen LogP contribution in [-0.4, -0.2) is 38.1 Å². The van der Waals surface area contributed by atoms with Gasteiger partial charge in [0.2, 0.25) is 0 Å². The van der Waals surface area contributed by atoms with Crippen molar-refractivity contribution in [2.75, 3.05) is 32.1 Å². The highest BCUT2D eigenvalue weighted by atomic mass is 19.1. The van der Waals surface area contributed by atoms with Gasteiger partial charge in [-0.2, -0.15) is 0 Å². The number of hydrogen-bond acceptors (Lipinski definition) is 2. The van der Waals surface area contributed by atoms with Gasteiger partial charge in [0.25, 0.3) is 0 Å². The van der Waals surface area contributed by atoms with Gasteiger partial charge >= 0.3 is 0 Å². The summed E-state index contributed by atoms with van der Waals surface area (Å²) in [5, 5.41) is 0. The molecule has 1 fully saturated rings. The molecule has 1 aromatic carbocycles. The second-order valence-corrected chi connectivity index (χ2v) is 7.12. The molecule has 1 aliphatic rings. The fourth-order valence-corrected chi connectivity index (χ4v) is 2.92. The van der Waals surface area contributed by atoms with E-state index in [4.69, 9.17) is 0 Å². The van der Waals surface area contributed by atoms with E-state index in [2.05, 4.69) is 30.0 Å². The Labute approximate surface area is 122 Å². The summed E-state index contributed by atoms with van der Waals surface area (Å²) in [7, 11) is 4.24. The van der Waals surface area contributed by atoms with Crippen molar-refractivity contribution in [2.45, 2.75) is 45.1 Å². The summed E-state index contributed by atoms with van der Waals surface area (Å²) in [6.45, 7) is 8.16. The van der Waals surface area contributed by atoms with E-state index in [0.717, 1.165) is 24.3 Å². The molecule has 0 amide bonds. The summed E-state index contributed by atoms with van der Waals surface area (Å²) in [6, 6.07) is 6.29. The number of nitrogens with zero attached hydrogens (tertiary/aromatic N) is 2. The minimum Gasteiger partial charge on any atom is -0.370 e. The maximum absolute atomic E-state index is 14.3. The van der Waals surface area contributed by atoms with Crippen molar-refractivity contribution >= 4 is 5.69 Å². The average molecular weight is 278 g/mol. The Morgan fingerprint density at radius 3 is 2.50 bits per heavy atom. The topological polar surface area (TPSA) is 6.48 Å². The summed E-state index contributed by atoms with van der Waals surface area (Å²) in [5.41, 5.74) is 1.67. The largest absolute Gasteiger partial charge is 0.370 e. The van der Waals surface area contributed by atoms with Crippen LogP contribution in [-0.2, 0) is 5.41 Å². The highest BCUT2D eigenvalue weighted by molar-refractivity contribution is 5.49. The van der Waals surface area contributed by atoms with Gasteiger partial charge in [0, 0.05) is 24.8 Å². The van der Waals surface area contributed by atoms with Crippen molar-refractivity contribution in [1.29, 1.82) is 0 Å². The Kier molecular flexibility index (Phi) is 4.38. The summed E-state index contributed by atoms with van der Waals surface area (Å²) < 4.78 is 14.3. The Hall–Kier alpha value is -1.09. The molecule has 1 aromatic rings. The van der Waals surface area contributed by atoms with Gasteiger partial charge in [0.1, 0.15) is 5.82 Å². The number of anilines is 1. The molecule has 1 unspecified atom stereocenters. The maximum Gasteiger partial charge on any atom is 0.128 e. The number of halogens is 1. The van der Waals surface area contributed by atoms with E-state index >= 15 is 0 Å². The van der Waals surface area contributed by atoms with Gasteiger partial charge in [-0.1, -0.05) is 26.8 Å². The summed E-state index contributed by atoms with van der Waals surface area (Å²) >= 11 is 0. The predicted molar refractivity (Wildman–Crippen MR) is 84.0 cm³/mol. The lowest BCUT2D eigenvalue weighted by Gasteiger charge is -2.37. The SMILES string of the molecule is CN(C)C1CCCN(c2ccc(C(C)(C)C)c(F)c2)C1. The van der Waals surface area contributed by atoms with Crippen molar-refractivity contribution in [3.8, 4) is 0 Å². The lowest BCUT2D eigenvalue weighted by Crippen LogP contribution is -2.45. The molecule has 0 spiro atoms. The number of benzene rings is 1. The first-order chi connectivity index (χ1) is 9.29. The van der Waals surface area contributed by atoms with Crippen molar-refractivity contribution in [1.82, 2.24) is 4.90 Å². The van der Waals surface area contributed by atoms with Gasteiger partial charge in [-0.3, -0.25) is 0 Å². The van der Waals surface area contributed by atoms with Crippen LogP contribution in [0.2, 0.25) is 0 Å². The van der Waals surface area contributed by atoms with E-state index < -0.39 is 0 Å². The number of piperidine rings is 1. The summed E-state index contributed by atoms with van der Waals surface area (Å²) in [5.74, 6) is -0.0815. The number of likely N-dealkylation sites (N-methyl/N-ethyl adjacent to an activating group) is 1. The van der Waals surface area contributed by atoms with Crippen molar-refractivity contribution in [3.05, 3.63) is 29.6 Å². The molecule has 3 heteroatoms. The van der Waals surface area contributed by atoms with Crippen molar-refractivity contribution < 1.29 is 4.39 Å². The molecular formula is C17H27FN2. The van der Waals surface area contributed by atoms with Crippen LogP contribution in [0.4, 0.5) is 10.1 Å². The Morgan fingerprint density at radius 2 is 1.95 bits per heavy atom. The second kappa shape index (κ2) is 5.72. The van der Waals surface area contributed by atoms with Crippen LogP contribution in [0.15, 0.2) is 18.2 Å². The van der Waals surface area contributed by atoms with E-state index in [-0.39, 0.29) is 11.2 Å². The normalized spacial score (nSPS) is 20.6. The summed E-state index contributed by atoms with van der Waals surface area (Å²) in [6.07, 6.45) is 2.40. The zero-order valence-corrected chi connectivity index (χ0v) is 13.4. The fraction of sp³-hybridized carbons (Fsp3) is 0.647. The minimum absolute atomic E-state index is 0.0815. The van der Waals surface area contributed by atoms with Gasteiger partial charge in [0.15, 0.2) is 0 Å². The highest BCUT2D eigenvalue weighted by Crippen LogP contribution is 2.29. The first-order valence-corrected chi connectivity index (χ1v) is 7.50. The average Bonchev–Trinajstić information content (AvgIpc) is 2.37. The lowest BCUT2D eigenvalue weighted by atomic mass is 9.86. The predicted octanol–water partition coefficient (Wildman–Crippen LogP) is 3.65. The molecule has 2 rings (SSSR count). The summed E-state index contributed by atoms with van der Waals surface area (Å²) in [4.78, 5) is 4.58. The Bertz CT molecular complexity index is 463. The van der Waals surface area contributed by atoms with Crippen molar-refractivity contribution in [2.24, 2.45) is 0 Å². The molecule has 0 radical (unpaired) electrons. The third-order valence-corrected chi connectivity index (χ3v) is 4.25. The maximum atomic E-state index is 14.3. The molecule has 1 atom stereocenters. The zero-order valence-electron chi connectivity index (χ0n) is 13.4. The minimum atomic E-state index is -0.142. The molecule has 112 valence electrons. The van der Waals surface area contributed by atoms with E-state index in [9.17, 15) is 4.39 Å². The molecular weight excluding hydrogens is 251 g/mol. The van der Waals surface area contributed by atoms with Gasteiger partial charge in [-0.05, 0) is 50.0 Å². The smallest absolute Gasteiger partial charge is 0.128 e. The van der Waals surface area contributed by atoms with E-state index in [1.54, 1.807) is 6.07 Å². The van der Waals surface area contributed by atoms with E-state index in [1.807, 2.05) is 26.8 Å². The first kappa shape index (κ1) is 15.3. The van der Waals surface area contributed by atoms with Crippen LogP contribution in [0.5, 0.6) is 0 Å². The molecule has 20 heavy (non-hydrogen) atoms. The fourth-order valence-electron chi connectivity index (χ4n) is 2.92. The van der Waals surface area contributed by atoms with Crippen LogP contribution < -0.4 is 4.90 Å². The second-order valence-electron chi connectivity index (χ2n) is 7.12. The molecule has 0 bridgehead atoms. The monoisotopic (exact) mass is 278 g/mol. The van der Waals surface area contributed by atoms with Crippen LogP contribution in [0.25, 0.3) is 0 Å². The highest BCUT2D eigenvalue weighted by Gasteiger charge is 2.23. The van der Waals surface area contributed by atoms with Crippen molar-refractivity contribution in [3.63, 3.8) is 0 Å². The number of rotatable bonds is 2. The molecule has 1 saturated heterocycles. The molecule has 2 nitrogen and oxygen atoms in total.